The lowest BCUT2D eigenvalue weighted by Gasteiger charge is -2.13. The summed E-state index contributed by atoms with van der Waals surface area (Å²) >= 11 is 13.2. The Kier molecular flexibility index (Phi) is 36.7. The minimum Gasteiger partial charge on any atom is -0.214 e. The summed E-state index contributed by atoms with van der Waals surface area (Å²) in [7, 11) is 0. The molecule has 0 aliphatic carbocycles. The summed E-state index contributed by atoms with van der Waals surface area (Å²) in [6.45, 7) is 13.4. The summed E-state index contributed by atoms with van der Waals surface area (Å²) in [5.41, 5.74) is 0. The molecule has 0 N–H and O–H groups in total. The fourth-order valence-electron chi connectivity index (χ4n) is 0. The lowest BCUT2D eigenvalue weighted by atomic mass is 10.3. The average molecular weight is 400 g/mol. The first kappa shape index (κ1) is 34.0. The summed E-state index contributed by atoms with van der Waals surface area (Å²) in [4.78, 5) is 0. The van der Waals surface area contributed by atoms with Crippen LogP contribution in [0.3, 0.4) is 0 Å². The highest BCUT2D eigenvalue weighted by Gasteiger charge is 2.51. The zero-order chi connectivity index (χ0) is 19.4. The monoisotopic (exact) mass is 398 g/mol. The largest absolute Gasteiger partial charge is 0.435 e. The molecule has 0 amide bonds. The van der Waals surface area contributed by atoms with Gasteiger partial charge in [0.1, 0.15) is 0 Å². The van der Waals surface area contributed by atoms with Crippen LogP contribution < -0.4 is 0 Å². The molecule has 0 spiro atoms. The lowest BCUT2D eigenvalue weighted by molar-refractivity contribution is -0.124. The molecule has 8 heteroatoms. The molecule has 0 fully saturated rings. The molecule has 0 saturated carbocycles. The standard InChI is InChI=1S/2C4H10.C3H8.C2Cl3F3.CH2F2/c1-4(2)3;1-3-4-2;1-3-2;3-1(4,5)2(6,7)8;2-1-3/h4H,1-3H3;3-4H2,1-2H3;3H2,1-2H3;;1H2. The second kappa shape index (κ2) is 23.8. The van der Waals surface area contributed by atoms with Crippen LogP contribution in [0.5, 0.6) is 0 Å². The third kappa shape index (κ3) is 70.6. The normalized spacial score (nSPS) is 9.82. The van der Waals surface area contributed by atoms with Crippen LogP contribution in [-0.2, 0) is 0 Å². The molecule has 22 heavy (non-hydrogen) atoms. The first-order valence-corrected chi connectivity index (χ1v) is 8.11. The highest BCUT2D eigenvalue weighted by atomic mass is 35.6. The molecule has 0 aromatic heterocycles. The molecule has 0 atom stereocenters. The van der Waals surface area contributed by atoms with Crippen molar-refractivity contribution in [2.45, 2.75) is 77.7 Å². The highest BCUT2D eigenvalue weighted by Crippen LogP contribution is 2.42. The van der Waals surface area contributed by atoms with Crippen LogP contribution >= 0.6 is 34.8 Å². The zero-order valence-electron chi connectivity index (χ0n) is 14.4. The maximum Gasteiger partial charge on any atom is 0.435 e. The number of hydrogen-bond acceptors (Lipinski definition) is 0. The van der Waals surface area contributed by atoms with Crippen LogP contribution in [0.4, 0.5) is 22.0 Å². The lowest BCUT2D eigenvalue weighted by Crippen LogP contribution is -2.27. The molecular weight excluding hydrogens is 370 g/mol. The van der Waals surface area contributed by atoms with Crippen molar-refractivity contribution in [2.24, 2.45) is 5.92 Å². The van der Waals surface area contributed by atoms with Crippen LogP contribution in [0.2, 0.25) is 0 Å². The van der Waals surface area contributed by atoms with Crippen molar-refractivity contribution in [3.63, 3.8) is 0 Å². The van der Waals surface area contributed by atoms with Crippen molar-refractivity contribution in [2.75, 3.05) is 6.93 Å². The highest BCUT2D eigenvalue weighted by molar-refractivity contribution is 6.68. The van der Waals surface area contributed by atoms with Crippen molar-refractivity contribution in [3.05, 3.63) is 0 Å². The van der Waals surface area contributed by atoms with E-state index in [1.54, 1.807) is 0 Å². The van der Waals surface area contributed by atoms with Crippen LogP contribution in [0.15, 0.2) is 0 Å². The fraction of sp³-hybridized carbons (Fsp3) is 1.00. The van der Waals surface area contributed by atoms with E-state index in [2.05, 4.69) is 83.3 Å². The van der Waals surface area contributed by atoms with E-state index < -0.39 is 16.9 Å². The molecule has 0 radical (unpaired) electrons. The van der Waals surface area contributed by atoms with Gasteiger partial charge in [0.2, 0.25) is 6.93 Å². The maximum absolute atomic E-state index is 11.2. The van der Waals surface area contributed by atoms with Crippen molar-refractivity contribution < 1.29 is 22.0 Å². The molecule has 0 saturated heterocycles. The zero-order valence-corrected chi connectivity index (χ0v) is 16.7. The fourth-order valence-corrected chi connectivity index (χ4v) is 0. The van der Waals surface area contributed by atoms with Gasteiger partial charge in [-0.15, -0.1) is 0 Å². The van der Waals surface area contributed by atoms with E-state index in [1.165, 1.54) is 19.3 Å². The number of unbranched alkanes of at least 4 members (excludes halogenated alkanes) is 1. The Balaban J connectivity index is -0.0000000592. The van der Waals surface area contributed by atoms with Crippen LogP contribution in [0.25, 0.3) is 0 Å². The Morgan fingerprint density at radius 3 is 0.864 bits per heavy atom. The van der Waals surface area contributed by atoms with Gasteiger partial charge in [-0.2, -0.15) is 13.2 Å². The van der Waals surface area contributed by atoms with E-state index in [1.807, 2.05) is 0 Å². The van der Waals surface area contributed by atoms with Gasteiger partial charge < -0.3 is 0 Å². The van der Waals surface area contributed by atoms with E-state index in [0.29, 0.717) is 0 Å². The minimum absolute atomic E-state index is 0.833. The average Bonchev–Trinajstić information content (AvgIpc) is 2.28. The van der Waals surface area contributed by atoms with Crippen molar-refractivity contribution in [1.29, 1.82) is 0 Å². The van der Waals surface area contributed by atoms with Crippen molar-refractivity contribution >= 4 is 34.8 Å². The first-order valence-electron chi connectivity index (χ1n) is 6.98. The van der Waals surface area contributed by atoms with Gasteiger partial charge in [0, 0.05) is 0 Å². The van der Waals surface area contributed by atoms with E-state index >= 15 is 0 Å². The molecule has 0 aliphatic heterocycles. The first-order chi connectivity index (χ1) is 9.72. The summed E-state index contributed by atoms with van der Waals surface area (Å²) < 4.78 is 49.6. The Morgan fingerprint density at radius 1 is 0.773 bits per heavy atom. The molecule has 0 rings (SSSR count). The molecule has 0 aromatic rings. The van der Waals surface area contributed by atoms with E-state index in [-0.39, 0.29) is 0 Å². The summed E-state index contributed by atoms with van der Waals surface area (Å²) in [6.07, 6.45) is -0.877. The number of hydrogen-bond donors (Lipinski definition) is 0. The summed E-state index contributed by atoms with van der Waals surface area (Å²) in [6, 6.07) is 0. The Hall–Kier alpha value is 0.520. The third-order valence-corrected chi connectivity index (χ3v) is 1.46. The van der Waals surface area contributed by atoms with Gasteiger partial charge in [-0.3, -0.25) is 0 Å². The van der Waals surface area contributed by atoms with Gasteiger partial charge in [0.25, 0.3) is 3.79 Å². The third-order valence-electron chi connectivity index (χ3n) is 0.821. The molecular formula is C14H30Cl3F5. The van der Waals surface area contributed by atoms with Gasteiger partial charge in [-0.25, -0.2) is 8.78 Å². The second-order valence-electron chi connectivity index (χ2n) is 4.54. The number of alkyl halides is 8. The van der Waals surface area contributed by atoms with E-state index in [0.717, 1.165) is 5.92 Å². The molecule has 0 aliphatic rings. The topological polar surface area (TPSA) is 0 Å². The molecule has 0 nitrogen and oxygen atoms in total. The Morgan fingerprint density at radius 2 is 0.864 bits per heavy atom. The van der Waals surface area contributed by atoms with Crippen molar-refractivity contribution in [1.82, 2.24) is 0 Å². The minimum atomic E-state index is -4.77. The van der Waals surface area contributed by atoms with Gasteiger partial charge in [0.05, 0.1) is 0 Å². The van der Waals surface area contributed by atoms with Crippen LogP contribution in [-0.4, -0.2) is 16.9 Å². The summed E-state index contributed by atoms with van der Waals surface area (Å²) in [5, 5.41) is 0. The van der Waals surface area contributed by atoms with Gasteiger partial charge in [-0.05, 0) is 5.92 Å². The van der Waals surface area contributed by atoms with Gasteiger partial charge in [0.15, 0.2) is 0 Å². The van der Waals surface area contributed by atoms with Gasteiger partial charge in [-0.1, -0.05) is 103 Å². The predicted octanol–water partition coefficient (Wildman–Crippen LogP) is 8.69. The second-order valence-corrected chi connectivity index (χ2v) is 6.82. The van der Waals surface area contributed by atoms with Crippen LogP contribution in [0, 0.1) is 5.92 Å². The molecule has 0 aromatic carbocycles. The van der Waals surface area contributed by atoms with E-state index in [4.69, 9.17) is 0 Å². The Bertz CT molecular complexity index is 150. The van der Waals surface area contributed by atoms with Crippen molar-refractivity contribution in [3.8, 4) is 0 Å². The molecule has 142 valence electrons. The molecule has 0 bridgehead atoms. The van der Waals surface area contributed by atoms with E-state index in [9.17, 15) is 22.0 Å². The quantitative estimate of drug-likeness (QED) is 0.305. The Labute approximate surface area is 147 Å². The van der Waals surface area contributed by atoms with Gasteiger partial charge >= 0.3 is 6.18 Å². The van der Waals surface area contributed by atoms with Crippen LogP contribution in [0.1, 0.15) is 67.7 Å². The predicted molar refractivity (Wildman–Crippen MR) is 90.5 cm³/mol. The molecule has 0 unspecified atom stereocenters. The number of rotatable bonds is 1. The SMILES string of the molecule is CC(C)C.CCC.CCCC.FC(F)(F)C(Cl)(Cl)Cl.FCF. The maximum atomic E-state index is 11.2. The summed E-state index contributed by atoms with van der Waals surface area (Å²) in [5.74, 6) is 0.833. The number of halogens is 8. The molecule has 0 heterocycles. The smallest absolute Gasteiger partial charge is 0.214 e.